The molecule has 0 unspecified atom stereocenters. The SMILES string of the molecule is O=C(Oc1ccc(Br)c2ccccc12)c1ccc(F)cc1. The molecule has 0 radical (unpaired) electrons. The normalized spacial score (nSPS) is 10.6. The van der Waals surface area contributed by atoms with Gasteiger partial charge in [-0.3, -0.25) is 0 Å². The molecule has 0 aliphatic carbocycles. The molecule has 0 saturated heterocycles. The van der Waals surface area contributed by atoms with Gasteiger partial charge in [-0.15, -0.1) is 0 Å². The van der Waals surface area contributed by atoms with Crippen LogP contribution in [0.1, 0.15) is 10.4 Å². The van der Waals surface area contributed by atoms with Crippen LogP contribution >= 0.6 is 15.9 Å². The smallest absolute Gasteiger partial charge is 0.343 e. The van der Waals surface area contributed by atoms with Crippen LogP contribution in [0.25, 0.3) is 10.8 Å². The third-order valence-corrected chi connectivity index (χ3v) is 3.80. The van der Waals surface area contributed by atoms with E-state index in [1.807, 2.05) is 30.3 Å². The largest absolute Gasteiger partial charge is 0.422 e. The van der Waals surface area contributed by atoms with Crippen molar-refractivity contribution in [3.05, 3.63) is 76.5 Å². The lowest BCUT2D eigenvalue weighted by molar-refractivity contribution is 0.0737. The van der Waals surface area contributed by atoms with Crippen molar-refractivity contribution in [2.24, 2.45) is 0 Å². The molecule has 0 aliphatic rings. The lowest BCUT2D eigenvalue weighted by Gasteiger charge is -2.09. The molecule has 21 heavy (non-hydrogen) atoms. The predicted molar refractivity (Wildman–Crippen MR) is 83.0 cm³/mol. The van der Waals surface area contributed by atoms with Gasteiger partial charge in [0.1, 0.15) is 11.6 Å². The summed E-state index contributed by atoms with van der Waals surface area (Å²) in [5.74, 6) is -0.425. The summed E-state index contributed by atoms with van der Waals surface area (Å²) >= 11 is 3.47. The Hall–Kier alpha value is -2.20. The Morgan fingerprint density at radius 3 is 2.29 bits per heavy atom. The van der Waals surface area contributed by atoms with Crippen LogP contribution in [-0.4, -0.2) is 5.97 Å². The molecule has 104 valence electrons. The Bertz CT molecular complexity index is 813. The van der Waals surface area contributed by atoms with E-state index in [-0.39, 0.29) is 5.82 Å². The van der Waals surface area contributed by atoms with Gasteiger partial charge < -0.3 is 4.74 Å². The van der Waals surface area contributed by atoms with Crippen molar-refractivity contribution >= 4 is 32.7 Å². The van der Waals surface area contributed by atoms with Crippen LogP contribution in [0.15, 0.2) is 65.1 Å². The van der Waals surface area contributed by atoms with Gasteiger partial charge in [0.05, 0.1) is 5.56 Å². The topological polar surface area (TPSA) is 26.3 Å². The standard InChI is InChI=1S/C17H10BrFO2/c18-15-9-10-16(14-4-2-1-3-13(14)15)21-17(20)11-5-7-12(19)8-6-11/h1-10H. The van der Waals surface area contributed by atoms with Crippen molar-refractivity contribution in [1.82, 2.24) is 0 Å². The fourth-order valence-corrected chi connectivity index (χ4v) is 2.55. The Kier molecular flexibility index (Phi) is 3.71. The molecule has 3 aromatic carbocycles. The van der Waals surface area contributed by atoms with Crippen LogP contribution in [0.3, 0.4) is 0 Å². The predicted octanol–water partition coefficient (Wildman–Crippen LogP) is 4.96. The molecule has 0 bridgehead atoms. The highest BCUT2D eigenvalue weighted by Gasteiger charge is 2.12. The van der Waals surface area contributed by atoms with Gasteiger partial charge in [-0.05, 0) is 41.8 Å². The first kappa shape index (κ1) is 13.8. The van der Waals surface area contributed by atoms with Gasteiger partial charge in [0, 0.05) is 9.86 Å². The maximum absolute atomic E-state index is 12.9. The van der Waals surface area contributed by atoms with Gasteiger partial charge in [-0.1, -0.05) is 40.2 Å². The molecule has 0 atom stereocenters. The van der Waals surface area contributed by atoms with Crippen molar-refractivity contribution in [3.8, 4) is 5.75 Å². The quantitative estimate of drug-likeness (QED) is 0.485. The fourth-order valence-electron chi connectivity index (χ4n) is 2.07. The van der Waals surface area contributed by atoms with E-state index in [1.54, 1.807) is 6.07 Å². The minimum absolute atomic E-state index is 0.309. The molecule has 0 spiro atoms. The Morgan fingerprint density at radius 2 is 1.57 bits per heavy atom. The van der Waals surface area contributed by atoms with Crippen LogP contribution in [0.5, 0.6) is 5.75 Å². The number of halogens is 2. The number of ether oxygens (including phenoxy) is 1. The fraction of sp³-hybridized carbons (Fsp3) is 0. The molecular formula is C17H10BrFO2. The van der Waals surface area contributed by atoms with Crippen LogP contribution in [0.4, 0.5) is 4.39 Å². The minimum atomic E-state index is -0.512. The van der Waals surface area contributed by atoms with Gasteiger partial charge in [0.25, 0.3) is 0 Å². The summed E-state index contributed by atoms with van der Waals surface area (Å²) < 4.78 is 19.2. The molecule has 2 nitrogen and oxygen atoms in total. The average Bonchev–Trinajstić information content (AvgIpc) is 2.51. The summed E-state index contributed by atoms with van der Waals surface area (Å²) in [6.45, 7) is 0. The molecule has 0 aliphatic heterocycles. The Balaban J connectivity index is 1.97. The van der Waals surface area contributed by atoms with E-state index in [0.717, 1.165) is 15.2 Å². The Morgan fingerprint density at radius 1 is 0.905 bits per heavy atom. The van der Waals surface area contributed by atoms with E-state index in [0.29, 0.717) is 11.3 Å². The highest BCUT2D eigenvalue weighted by molar-refractivity contribution is 9.10. The van der Waals surface area contributed by atoms with Crippen LogP contribution in [0.2, 0.25) is 0 Å². The molecule has 4 heteroatoms. The zero-order valence-corrected chi connectivity index (χ0v) is 12.4. The van der Waals surface area contributed by atoms with E-state index >= 15 is 0 Å². The number of benzene rings is 3. The number of hydrogen-bond acceptors (Lipinski definition) is 2. The molecule has 0 N–H and O–H groups in total. The first-order valence-corrected chi connectivity index (χ1v) is 7.09. The van der Waals surface area contributed by atoms with Gasteiger partial charge in [0.15, 0.2) is 0 Å². The van der Waals surface area contributed by atoms with Crippen molar-refractivity contribution < 1.29 is 13.9 Å². The number of carbonyl (C=O) groups excluding carboxylic acids is 1. The van der Waals surface area contributed by atoms with Crippen LogP contribution in [0, 0.1) is 5.82 Å². The van der Waals surface area contributed by atoms with Gasteiger partial charge in [-0.25, -0.2) is 9.18 Å². The van der Waals surface area contributed by atoms with Crippen molar-refractivity contribution in [2.75, 3.05) is 0 Å². The molecule has 0 fully saturated rings. The second-order valence-corrected chi connectivity index (χ2v) is 5.34. The molecule has 0 amide bonds. The maximum atomic E-state index is 12.9. The number of rotatable bonds is 2. The van der Waals surface area contributed by atoms with E-state index < -0.39 is 5.97 Å². The first-order chi connectivity index (χ1) is 10.1. The lowest BCUT2D eigenvalue weighted by atomic mass is 10.1. The number of esters is 1. The zero-order valence-electron chi connectivity index (χ0n) is 10.8. The van der Waals surface area contributed by atoms with Gasteiger partial charge >= 0.3 is 5.97 Å². The summed E-state index contributed by atoms with van der Waals surface area (Å²) in [4.78, 5) is 12.1. The maximum Gasteiger partial charge on any atom is 0.343 e. The summed E-state index contributed by atoms with van der Waals surface area (Å²) in [5.41, 5.74) is 0.309. The van der Waals surface area contributed by atoms with Crippen LogP contribution < -0.4 is 4.74 Å². The van der Waals surface area contributed by atoms with E-state index in [9.17, 15) is 9.18 Å². The highest BCUT2D eigenvalue weighted by atomic mass is 79.9. The summed E-state index contributed by atoms with van der Waals surface area (Å²) in [6.07, 6.45) is 0. The third-order valence-electron chi connectivity index (χ3n) is 3.11. The van der Waals surface area contributed by atoms with E-state index in [4.69, 9.17) is 4.74 Å². The van der Waals surface area contributed by atoms with E-state index in [2.05, 4.69) is 15.9 Å². The summed E-state index contributed by atoms with van der Waals surface area (Å²) in [6, 6.07) is 16.4. The van der Waals surface area contributed by atoms with Gasteiger partial charge in [-0.2, -0.15) is 0 Å². The first-order valence-electron chi connectivity index (χ1n) is 6.30. The van der Waals surface area contributed by atoms with Crippen molar-refractivity contribution in [2.45, 2.75) is 0 Å². The second-order valence-electron chi connectivity index (χ2n) is 4.49. The minimum Gasteiger partial charge on any atom is -0.422 e. The molecule has 0 heterocycles. The molecule has 0 saturated carbocycles. The molecule has 3 rings (SSSR count). The van der Waals surface area contributed by atoms with Gasteiger partial charge in [0.2, 0.25) is 0 Å². The van der Waals surface area contributed by atoms with Crippen LogP contribution in [-0.2, 0) is 0 Å². The number of hydrogen-bond donors (Lipinski definition) is 0. The Labute approximate surface area is 129 Å². The average molecular weight is 345 g/mol. The molecule has 0 aromatic heterocycles. The molecular weight excluding hydrogens is 335 g/mol. The summed E-state index contributed by atoms with van der Waals surface area (Å²) in [5, 5.41) is 1.80. The second kappa shape index (κ2) is 5.66. The number of carbonyl (C=O) groups is 1. The van der Waals surface area contributed by atoms with Crippen molar-refractivity contribution in [3.63, 3.8) is 0 Å². The van der Waals surface area contributed by atoms with Crippen molar-refractivity contribution in [1.29, 1.82) is 0 Å². The monoisotopic (exact) mass is 344 g/mol. The zero-order chi connectivity index (χ0) is 14.8. The summed E-state index contributed by atoms with van der Waals surface area (Å²) in [7, 11) is 0. The third kappa shape index (κ3) is 2.81. The number of fused-ring (bicyclic) bond motifs is 1. The lowest BCUT2D eigenvalue weighted by Crippen LogP contribution is -2.08. The highest BCUT2D eigenvalue weighted by Crippen LogP contribution is 2.31. The molecule has 3 aromatic rings. The van der Waals surface area contributed by atoms with E-state index in [1.165, 1.54) is 24.3 Å².